The van der Waals surface area contributed by atoms with Crippen LogP contribution in [0.5, 0.6) is 0 Å². The quantitative estimate of drug-likeness (QED) is 0.0885. The fourth-order valence-corrected chi connectivity index (χ4v) is 23.7. The van der Waals surface area contributed by atoms with E-state index in [4.69, 9.17) is 0 Å². The molecule has 0 bridgehead atoms. The lowest BCUT2D eigenvalue weighted by molar-refractivity contribution is 0.838. The Hall–Kier alpha value is -7.93. The Kier molecular flexibility index (Phi) is 14.2. The van der Waals surface area contributed by atoms with Crippen LogP contribution in [-0.4, -0.2) is 16.1 Å². The SMILES string of the molecule is CC(C)[Si](C#Cc1c2cc3ccccc3cc2c(C#CC#CC#CC#Cc2c3cc4ccccc4cc3c(C#C[Si](C(C)C)(C(C)C)C(C)C)c3cc4ccccc4cc23)c2cc3ccccc3cc12)(C(C)C)C(C)C. The first kappa shape index (κ1) is 51.6. The molecule has 0 aliphatic carbocycles. The van der Waals surface area contributed by atoms with E-state index in [9.17, 15) is 0 Å². The van der Waals surface area contributed by atoms with Gasteiger partial charge in [-0.2, -0.15) is 0 Å². The average Bonchev–Trinajstić information content (AvgIpc) is 3.43. The molecule has 0 unspecified atom stereocenters. The fraction of sp³-hybridized carbons (Fsp3) is 0.243. The Labute approximate surface area is 454 Å². The summed E-state index contributed by atoms with van der Waals surface area (Å²) in [5.74, 6) is 33.8. The topological polar surface area (TPSA) is 0 Å². The molecule has 76 heavy (non-hydrogen) atoms. The molecule has 0 radical (unpaired) electrons. The second kappa shape index (κ2) is 21.0. The van der Waals surface area contributed by atoms with Crippen molar-refractivity contribution in [3.05, 3.63) is 168 Å². The molecular formula is C74H66Si2. The normalized spacial score (nSPS) is 11.8. The van der Waals surface area contributed by atoms with Crippen molar-refractivity contribution >= 4 is 102 Å². The number of fused-ring (bicyclic) bond motifs is 8. The lowest BCUT2D eigenvalue weighted by Crippen LogP contribution is -2.43. The summed E-state index contributed by atoms with van der Waals surface area (Å²) in [5, 5.41) is 18.2. The van der Waals surface area contributed by atoms with Crippen molar-refractivity contribution < 1.29 is 0 Å². The molecule has 0 nitrogen and oxygen atoms in total. The van der Waals surface area contributed by atoms with Gasteiger partial charge in [-0.3, -0.25) is 0 Å². The van der Waals surface area contributed by atoms with Crippen molar-refractivity contribution in [3.8, 4) is 70.3 Å². The minimum absolute atomic E-state index is 0.515. The van der Waals surface area contributed by atoms with Crippen molar-refractivity contribution in [3.63, 3.8) is 0 Å². The standard InChI is InChI=1S/C74H66Si2/c1-49(2)75(50(3)4,51(5)6)39-37-65-71-45-59-31-23-19-27-55(59)41-67(71)63(68-42-56-28-20-24-32-60(56)46-72(65)68)35-17-15-13-14-16-18-36-64-69-43-57-29-21-25-33-61(57)47-73(69)66(38-40-76(52(7)8,53(9)10)54(11)12)74-48-62-34-26-22-30-58(62)44-70(64)74/h19-34,41-54H,1-12H3. The first-order valence-electron chi connectivity index (χ1n) is 27.3. The zero-order valence-corrected chi connectivity index (χ0v) is 48.3. The van der Waals surface area contributed by atoms with Gasteiger partial charge in [0.25, 0.3) is 0 Å². The maximum atomic E-state index is 4.09. The highest BCUT2D eigenvalue weighted by atomic mass is 28.3. The van der Waals surface area contributed by atoms with Gasteiger partial charge in [0.2, 0.25) is 0 Å². The molecule has 0 fully saturated rings. The van der Waals surface area contributed by atoms with Gasteiger partial charge < -0.3 is 0 Å². The number of hydrogen-bond donors (Lipinski definition) is 0. The Bertz CT molecular complexity index is 3890. The van der Waals surface area contributed by atoms with Gasteiger partial charge in [-0.15, -0.1) is 11.1 Å². The van der Waals surface area contributed by atoms with Crippen LogP contribution in [0.2, 0.25) is 33.2 Å². The molecule has 2 heteroatoms. The van der Waals surface area contributed by atoms with Gasteiger partial charge in [-0.1, -0.05) is 204 Å². The van der Waals surface area contributed by atoms with Crippen LogP contribution in [0, 0.1) is 70.3 Å². The average molecular weight is 1010 g/mol. The summed E-state index contributed by atoms with van der Waals surface area (Å²) in [4.78, 5) is 0. The minimum atomic E-state index is -2.07. The van der Waals surface area contributed by atoms with Gasteiger partial charge in [-0.05, 0) is 203 Å². The third kappa shape index (κ3) is 9.13. The van der Waals surface area contributed by atoms with E-state index in [1.54, 1.807) is 0 Å². The van der Waals surface area contributed by atoms with E-state index < -0.39 is 16.1 Å². The summed E-state index contributed by atoms with van der Waals surface area (Å²) >= 11 is 0. The summed E-state index contributed by atoms with van der Waals surface area (Å²) < 4.78 is 0. The molecule has 370 valence electrons. The zero-order valence-electron chi connectivity index (χ0n) is 46.3. The van der Waals surface area contributed by atoms with E-state index in [1.807, 2.05) is 0 Å². The van der Waals surface area contributed by atoms with Crippen LogP contribution in [0.15, 0.2) is 146 Å². The zero-order chi connectivity index (χ0) is 53.5. The summed E-state index contributed by atoms with van der Waals surface area (Å²) in [6.45, 7) is 28.6. The highest BCUT2D eigenvalue weighted by Gasteiger charge is 2.43. The van der Waals surface area contributed by atoms with Crippen LogP contribution in [0.3, 0.4) is 0 Å². The summed E-state index contributed by atoms with van der Waals surface area (Å²) in [7, 11) is -4.13. The molecule has 0 N–H and O–H groups in total. The third-order valence-corrected chi connectivity index (χ3v) is 29.5. The van der Waals surface area contributed by atoms with E-state index in [2.05, 4.69) is 299 Å². The second-order valence-corrected chi connectivity index (χ2v) is 33.9. The Morgan fingerprint density at radius 3 is 0.592 bits per heavy atom. The molecule has 10 aromatic rings. The molecule has 0 aliphatic heterocycles. The first-order chi connectivity index (χ1) is 36.6. The maximum absolute atomic E-state index is 4.09. The van der Waals surface area contributed by atoms with Crippen molar-refractivity contribution in [1.29, 1.82) is 0 Å². The van der Waals surface area contributed by atoms with Crippen LogP contribution in [0.4, 0.5) is 0 Å². The molecule has 0 saturated carbocycles. The van der Waals surface area contributed by atoms with Gasteiger partial charge in [0.15, 0.2) is 0 Å². The van der Waals surface area contributed by atoms with Gasteiger partial charge in [0.05, 0.1) is 0 Å². The van der Waals surface area contributed by atoms with Gasteiger partial charge in [0.1, 0.15) is 16.1 Å². The lowest BCUT2D eigenvalue weighted by atomic mass is 9.89. The maximum Gasteiger partial charge on any atom is 0.146 e. The molecule has 0 aromatic heterocycles. The summed E-state index contributed by atoms with van der Waals surface area (Å²) in [5.41, 5.74) is 15.3. The Morgan fingerprint density at radius 1 is 0.237 bits per heavy atom. The molecule has 10 rings (SSSR count). The molecule has 0 amide bonds. The lowest BCUT2D eigenvalue weighted by Gasteiger charge is -2.38. The molecule has 0 spiro atoms. The van der Waals surface area contributed by atoms with Crippen molar-refractivity contribution in [1.82, 2.24) is 0 Å². The first-order valence-corrected chi connectivity index (χ1v) is 31.8. The van der Waals surface area contributed by atoms with E-state index in [-0.39, 0.29) is 0 Å². The Balaban J connectivity index is 1.13. The van der Waals surface area contributed by atoms with E-state index in [0.717, 1.165) is 65.3 Å². The molecule has 0 saturated heterocycles. The molecule has 0 aliphatic rings. The molecule has 10 aromatic carbocycles. The summed E-state index contributed by atoms with van der Waals surface area (Å²) in [6, 6.07) is 52.9. The highest BCUT2D eigenvalue weighted by molar-refractivity contribution is 6.91. The monoisotopic (exact) mass is 1010 g/mol. The van der Waals surface area contributed by atoms with E-state index in [1.165, 1.54) is 43.1 Å². The van der Waals surface area contributed by atoms with Gasteiger partial charge in [0, 0.05) is 22.3 Å². The van der Waals surface area contributed by atoms with E-state index >= 15 is 0 Å². The van der Waals surface area contributed by atoms with Crippen molar-refractivity contribution in [2.24, 2.45) is 0 Å². The van der Waals surface area contributed by atoms with Gasteiger partial charge >= 0.3 is 0 Å². The molecule has 0 heterocycles. The fourth-order valence-electron chi connectivity index (χ4n) is 13.3. The van der Waals surface area contributed by atoms with Crippen LogP contribution in [0.25, 0.3) is 86.2 Å². The van der Waals surface area contributed by atoms with Crippen LogP contribution < -0.4 is 0 Å². The smallest absolute Gasteiger partial charge is 0.125 e. The molecule has 0 atom stereocenters. The minimum Gasteiger partial charge on any atom is -0.125 e. The van der Waals surface area contributed by atoms with E-state index in [0.29, 0.717) is 33.2 Å². The third-order valence-electron chi connectivity index (χ3n) is 16.9. The summed E-state index contributed by atoms with van der Waals surface area (Å²) in [6.07, 6.45) is 0. The molecular weight excluding hydrogens is 945 g/mol. The van der Waals surface area contributed by atoms with Crippen molar-refractivity contribution in [2.45, 2.75) is 116 Å². The largest absolute Gasteiger partial charge is 0.146 e. The van der Waals surface area contributed by atoms with Crippen LogP contribution in [0.1, 0.15) is 105 Å². The Morgan fingerprint density at radius 2 is 0.408 bits per heavy atom. The second-order valence-electron chi connectivity index (χ2n) is 22.8. The van der Waals surface area contributed by atoms with Gasteiger partial charge in [-0.25, -0.2) is 0 Å². The van der Waals surface area contributed by atoms with Crippen LogP contribution >= 0.6 is 0 Å². The predicted molar refractivity (Wildman–Crippen MR) is 338 cm³/mol. The van der Waals surface area contributed by atoms with Crippen LogP contribution in [-0.2, 0) is 0 Å². The number of benzene rings is 10. The predicted octanol–water partition coefficient (Wildman–Crippen LogP) is 19.5. The highest BCUT2D eigenvalue weighted by Crippen LogP contribution is 2.44. The number of rotatable bonds is 6. The van der Waals surface area contributed by atoms with Crippen molar-refractivity contribution in [2.75, 3.05) is 0 Å². The number of hydrogen-bond acceptors (Lipinski definition) is 0.